The molecule has 0 fully saturated rings. The molecule has 28 heavy (non-hydrogen) atoms. The Morgan fingerprint density at radius 1 is 1.18 bits per heavy atom. The number of aromatic nitrogens is 2. The monoisotopic (exact) mass is 446 g/mol. The van der Waals surface area contributed by atoms with Gasteiger partial charge in [-0.15, -0.1) is 0 Å². The first kappa shape index (κ1) is 19.8. The molecule has 0 saturated heterocycles. The fourth-order valence-electron chi connectivity index (χ4n) is 2.43. The summed E-state index contributed by atoms with van der Waals surface area (Å²) >= 11 is 3.34. The van der Waals surface area contributed by atoms with E-state index >= 15 is 0 Å². The van der Waals surface area contributed by atoms with Crippen molar-refractivity contribution >= 4 is 21.9 Å². The lowest BCUT2D eigenvalue weighted by Gasteiger charge is -2.13. The molecule has 0 radical (unpaired) electrons. The minimum absolute atomic E-state index is 0.000906. The number of halogens is 2. The average Bonchev–Trinajstić information content (AvgIpc) is 2.67. The molecule has 0 aliphatic rings. The standard InChI is InChI=1S/C20H16BrFN2O4/c1-2-27-20(26)19-17(28-12-13-6-8-15(22)9-7-13)11-18(25)24(23-19)16-5-3-4-14(21)10-16/h3-11H,2,12H2,1H3. The number of rotatable bonds is 6. The van der Waals surface area contributed by atoms with Gasteiger partial charge in [-0.3, -0.25) is 4.79 Å². The minimum atomic E-state index is -0.708. The van der Waals surface area contributed by atoms with E-state index in [9.17, 15) is 14.0 Å². The molecule has 1 heterocycles. The van der Waals surface area contributed by atoms with Gasteiger partial charge in [0.2, 0.25) is 5.69 Å². The maximum atomic E-state index is 13.0. The van der Waals surface area contributed by atoms with E-state index in [4.69, 9.17) is 9.47 Å². The van der Waals surface area contributed by atoms with Crippen molar-refractivity contribution in [2.24, 2.45) is 0 Å². The number of esters is 1. The van der Waals surface area contributed by atoms with Crippen molar-refractivity contribution in [3.63, 3.8) is 0 Å². The highest BCUT2D eigenvalue weighted by atomic mass is 79.9. The molecule has 3 rings (SSSR count). The number of hydrogen-bond donors (Lipinski definition) is 0. The molecular formula is C20H16BrFN2O4. The van der Waals surface area contributed by atoms with Gasteiger partial charge in [-0.2, -0.15) is 9.78 Å². The fourth-order valence-corrected chi connectivity index (χ4v) is 2.81. The van der Waals surface area contributed by atoms with Crippen molar-refractivity contribution < 1.29 is 18.7 Å². The molecule has 0 aliphatic heterocycles. The van der Waals surface area contributed by atoms with E-state index in [0.717, 1.165) is 9.15 Å². The Hall–Kier alpha value is -3.00. The molecular weight excluding hydrogens is 431 g/mol. The first-order valence-corrected chi connectivity index (χ1v) is 9.22. The summed E-state index contributed by atoms with van der Waals surface area (Å²) in [6.07, 6.45) is 0. The van der Waals surface area contributed by atoms with Crippen molar-refractivity contribution in [1.29, 1.82) is 0 Å². The maximum absolute atomic E-state index is 13.0. The summed E-state index contributed by atoms with van der Waals surface area (Å²) in [6, 6.07) is 13.8. The molecule has 3 aromatic rings. The van der Waals surface area contributed by atoms with Crippen LogP contribution in [0.1, 0.15) is 23.0 Å². The lowest BCUT2D eigenvalue weighted by molar-refractivity contribution is 0.0511. The molecule has 6 nitrogen and oxygen atoms in total. The fraction of sp³-hybridized carbons (Fsp3) is 0.150. The summed E-state index contributed by atoms with van der Waals surface area (Å²) in [4.78, 5) is 24.9. The van der Waals surface area contributed by atoms with Crippen LogP contribution in [0.4, 0.5) is 4.39 Å². The van der Waals surface area contributed by atoms with E-state index in [1.165, 1.54) is 18.2 Å². The van der Waals surface area contributed by atoms with E-state index in [-0.39, 0.29) is 30.5 Å². The van der Waals surface area contributed by atoms with Gasteiger partial charge >= 0.3 is 5.97 Å². The molecule has 2 aromatic carbocycles. The zero-order chi connectivity index (χ0) is 20.1. The van der Waals surface area contributed by atoms with Crippen LogP contribution in [0.5, 0.6) is 5.75 Å². The van der Waals surface area contributed by atoms with Gasteiger partial charge in [0.1, 0.15) is 12.4 Å². The number of carbonyl (C=O) groups excluding carboxylic acids is 1. The zero-order valence-electron chi connectivity index (χ0n) is 14.9. The van der Waals surface area contributed by atoms with Gasteiger partial charge in [0.05, 0.1) is 18.4 Å². The number of carbonyl (C=O) groups is 1. The SMILES string of the molecule is CCOC(=O)c1nn(-c2cccc(Br)c2)c(=O)cc1OCc1ccc(F)cc1. The first-order chi connectivity index (χ1) is 13.5. The number of benzene rings is 2. The van der Waals surface area contributed by atoms with Crippen LogP contribution >= 0.6 is 15.9 Å². The number of nitrogens with zero attached hydrogens (tertiary/aromatic N) is 2. The van der Waals surface area contributed by atoms with Gasteiger partial charge in [-0.25, -0.2) is 9.18 Å². The highest BCUT2D eigenvalue weighted by Gasteiger charge is 2.20. The predicted octanol–water partition coefficient (Wildman–Crippen LogP) is 3.89. The van der Waals surface area contributed by atoms with E-state index in [0.29, 0.717) is 11.3 Å². The summed E-state index contributed by atoms with van der Waals surface area (Å²) in [6.45, 7) is 1.85. The summed E-state index contributed by atoms with van der Waals surface area (Å²) in [7, 11) is 0. The molecule has 0 saturated carbocycles. The molecule has 8 heteroatoms. The van der Waals surface area contributed by atoms with Gasteiger partial charge < -0.3 is 9.47 Å². The Kier molecular flexibility index (Phi) is 6.20. The lowest BCUT2D eigenvalue weighted by Crippen LogP contribution is -2.25. The zero-order valence-corrected chi connectivity index (χ0v) is 16.5. The Morgan fingerprint density at radius 3 is 2.61 bits per heavy atom. The Balaban J connectivity index is 1.98. The van der Waals surface area contributed by atoms with Crippen molar-refractivity contribution in [2.75, 3.05) is 6.61 Å². The van der Waals surface area contributed by atoms with Crippen LogP contribution in [-0.2, 0) is 11.3 Å². The first-order valence-electron chi connectivity index (χ1n) is 8.42. The van der Waals surface area contributed by atoms with Gasteiger partial charge in [0, 0.05) is 4.47 Å². The topological polar surface area (TPSA) is 70.4 Å². The van der Waals surface area contributed by atoms with Crippen LogP contribution in [0.3, 0.4) is 0 Å². The van der Waals surface area contributed by atoms with Gasteiger partial charge in [0.25, 0.3) is 5.56 Å². The molecule has 0 amide bonds. The van der Waals surface area contributed by atoms with Crippen molar-refractivity contribution in [3.05, 3.63) is 86.5 Å². The normalized spacial score (nSPS) is 10.5. The number of hydrogen-bond acceptors (Lipinski definition) is 5. The average molecular weight is 447 g/mol. The third kappa shape index (κ3) is 4.64. The van der Waals surface area contributed by atoms with E-state index < -0.39 is 11.5 Å². The van der Waals surface area contributed by atoms with Crippen LogP contribution < -0.4 is 10.3 Å². The molecule has 0 atom stereocenters. The van der Waals surface area contributed by atoms with Gasteiger partial charge in [-0.1, -0.05) is 34.1 Å². The van der Waals surface area contributed by atoms with Crippen LogP contribution in [0.2, 0.25) is 0 Å². The highest BCUT2D eigenvalue weighted by molar-refractivity contribution is 9.10. The molecule has 1 aromatic heterocycles. The van der Waals surface area contributed by atoms with Gasteiger partial charge in [-0.05, 0) is 42.8 Å². The second-order valence-corrected chi connectivity index (χ2v) is 6.64. The quantitative estimate of drug-likeness (QED) is 0.537. The largest absolute Gasteiger partial charge is 0.486 e. The molecule has 0 unspecified atom stereocenters. The third-order valence-electron chi connectivity index (χ3n) is 3.73. The van der Waals surface area contributed by atoms with Crippen LogP contribution in [-0.4, -0.2) is 22.4 Å². The second kappa shape index (κ2) is 8.79. The Labute approximate surface area is 168 Å². The van der Waals surface area contributed by atoms with Gasteiger partial charge in [0.15, 0.2) is 5.75 Å². The smallest absolute Gasteiger partial charge is 0.362 e. The molecule has 144 valence electrons. The van der Waals surface area contributed by atoms with Crippen LogP contribution in [0, 0.1) is 5.82 Å². The van der Waals surface area contributed by atoms with Crippen molar-refractivity contribution in [1.82, 2.24) is 9.78 Å². The summed E-state index contributed by atoms with van der Waals surface area (Å²) in [5.41, 5.74) is 0.561. The van der Waals surface area contributed by atoms with E-state index in [1.54, 1.807) is 43.3 Å². The van der Waals surface area contributed by atoms with E-state index in [2.05, 4.69) is 21.0 Å². The molecule has 0 N–H and O–H groups in total. The molecule has 0 bridgehead atoms. The maximum Gasteiger partial charge on any atom is 0.362 e. The Bertz CT molecular complexity index is 1050. The predicted molar refractivity (Wildman–Crippen MR) is 104 cm³/mol. The second-order valence-electron chi connectivity index (χ2n) is 5.72. The van der Waals surface area contributed by atoms with Crippen LogP contribution in [0.25, 0.3) is 5.69 Å². The van der Waals surface area contributed by atoms with E-state index in [1.807, 2.05) is 0 Å². The third-order valence-corrected chi connectivity index (χ3v) is 4.22. The summed E-state index contributed by atoms with van der Waals surface area (Å²) in [5, 5.41) is 4.15. The van der Waals surface area contributed by atoms with Crippen LogP contribution in [0.15, 0.2) is 63.9 Å². The molecule has 0 aliphatic carbocycles. The Morgan fingerprint density at radius 2 is 1.93 bits per heavy atom. The van der Waals surface area contributed by atoms with Crippen molar-refractivity contribution in [3.8, 4) is 11.4 Å². The minimum Gasteiger partial charge on any atom is -0.486 e. The highest BCUT2D eigenvalue weighted by Crippen LogP contribution is 2.19. The molecule has 0 spiro atoms. The summed E-state index contributed by atoms with van der Waals surface area (Å²) < 4.78 is 25.5. The number of ether oxygens (including phenoxy) is 2. The lowest BCUT2D eigenvalue weighted by atomic mass is 10.2. The van der Waals surface area contributed by atoms with Crippen molar-refractivity contribution in [2.45, 2.75) is 13.5 Å². The summed E-state index contributed by atoms with van der Waals surface area (Å²) in [5.74, 6) is -1.08.